The number of sulfonamides is 1. The van der Waals surface area contributed by atoms with Crippen molar-refractivity contribution in [2.45, 2.75) is 37.7 Å². The molecule has 1 aromatic carbocycles. The molecule has 0 amide bonds. The zero-order chi connectivity index (χ0) is 15.6. The Bertz CT molecular complexity index is 590. The second-order valence-electron chi connectivity index (χ2n) is 5.61. The van der Waals surface area contributed by atoms with Crippen LogP contribution in [0, 0.1) is 12.8 Å². The topological polar surface area (TPSA) is 66.8 Å². The Kier molecular flexibility index (Phi) is 4.91. The van der Waals surface area contributed by atoms with Crippen LogP contribution in [0.2, 0.25) is 0 Å². The van der Waals surface area contributed by atoms with E-state index in [1.165, 1.54) is 4.31 Å². The van der Waals surface area contributed by atoms with Crippen molar-refractivity contribution in [2.24, 2.45) is 5.92 Å². The number of rotatable bonds is 4. The number of hydrogen-bond donors (Lipinski definition) is 1. The van der Waals surface area contributed by atoms with Gasteiger partial charge in [0.1, 0.15) is 5.75 Å². The van der Waals surface area contributed by atoms with Crippen molar-refractivity contribution < 1.29 is 18.3 Å². The fourth-order valence-corrected chi connectivity index (χ4v) is 4.31. The summed E-state index contributed by atoms with van der Waals surface area (Å²) >= 11 is 0. The molecule has 1 fully saturated rings. The first-order valence-electron chi connectivity index (χ1n) is 7.19. The van der Waals surface area contributed by atoms with Crippen LogP contribution in [0.15, 0.2) is 23.1 Å². The van der Waals surface area contributed by atoms with E-state index in [-0.39, 0.29) is 12.0 Å². The molecule has 1 N–H and O–H groups in total. The van der Waals surface area contributed by atoms with Gasteiger partial charge < -0.3 is 9.84 Å². The average Bonchev–Trinajstić information content (AvgIpc) is 2.47. The van der Waals surface area contributed by atoms with Gasteiger partial charge in [-0.2, -0.15) is 4.31 Å². The molecule has 0 bridgehead atoms. The third-order valence-electron chi connectivity index (χ3n) is 4.18. The molecule has 5 nitrogen and oxygen atoms in total. The first kappa shape index (κ1) is 16.3. The fourth-order valence-electron chi connectivity index (χ4n) is 2.76. The number of aryl methyl sites for hydroxylation is 1. The number of nitrogens with zero attached hydrogens (tertiary/aromatic N) is 1. The highest BCUT2D eigenvalue weighted by atomic mass is 32.2. The van der Waals surface area contributed by atoms with E-state index >= 15 is 0 Å². The quantitative estimate of drug-likeness (QED) is 0.920. The zero-order valence-corrected chi connectivity index (χ0v) is 13.6. The number of methoxy groups -OCH3 is 1. The molecule has 1 saturated heterocycles. The summed E-state index contributed by atoms with van der Waals surface area (Å²) in [6.45, 7) is 4.52. The van der Waals surface area contributed by atoms with Crippen molar-refractivity contribution in [2.75, 3.05) is 20.2 Å². The molecule has 0 radical (unpaired) electrons. The zero-order valence-electron chi connectivity index (χ0n) is 12.7. The van der Waals surface area contributed by atoms with E-state index < -0.39 is 10.0 Å². The Morgan fingerprint density at radius 2 is 1.95 bits per heavy atom. The van der Waals surface area contributed by atoms with Crippen molar-refractivity contribution in [3.8, 4) is 5.75 Å². The van der Waals surface area contributed by atoms with E-state index in [2.05, 4.69) is 0 Å². The predicted octanol–water partition coefficient (Wildman–Crippen LogP) is 1.79. The maximum atomic E-state index is 12.6. The van der Waals surface area contributed by atoms with Crippen molar-refractivity contribution in [3.05, 3.63) is 23.8 Å². The van der Waals surface area contributed by atoms with Crippen molar-refractivity contribution in [1.29, 1.82) is 0 Å². The SMILES string of the molecule is COc1ccc(S(=O)(=O)N2CCC(C(C)O)CC2)cc1C. The van der Waals surface area contributed by atoms with Crippen LogP contribution >= 0.6 is 0 Å². The number of piperidine rings is 1. The monoisotopic (exact) mass is 313 g/mol. The van der Waals surface area contributed by atoms with E-state index in [1.807, 2.05) is 6.92 Å². The lowest BCUT2D eigenvalue weighted by molar-refractivity contribution is 0.0912. The number of hydrogen-bond acceptors (Lipinski definition) is 4. The summed E-state index contributed by atoms with van der Waals surface area (Å²) in [5.41, 5.74) is 0.803. The minimum absolute atomic E-state index is 0.189. The molecule has 1 heterocycles. The number of aliphatic hydroxyl groups excluding tert-OH is 1. The number of benzene rings is 1. The average molecular weight is 313 g/mol. The van der Waals surface area contributed by atoms with Crippen LogP contribution in [-0.2, 0) is 10.0 Å². The maximum absolute atomic E-state index is 12.6. The van der Waals surface area contributed by atoms with Crippen LogP contribution in [0.3, 0.4) is 0 Å². The van der Waals surface area contributed by atoms with Gasteiger partial charge in [-0.1, -0.05) is 0 Å². The molecule has 2 rings (SSSR count). The molecule has 1 aliphatic heterocycles. The van der Waals surface area contributed by atoms with Crippen LogP contribution in [0.25, 0.3) is 0 Å². The summed E-state index contributed by atoms with van der Waals surface area (Å²) in [5.74, 6) is 0.871. The third kappa shape index (κ3) is 3.39. The summed E-state index contributed by atoms with van der Waals surface area (Å²) < 4.78 is 31.9. The van der Waals surface area contributed by atoms with Crippen molar-refractivity contribution >= 4 is 10.0 Å². The van der Waals surface area contributed by atoms with E-state index in [1.54, 1.807) is 32.2 Å². The van der Waals surface area contributed by atoms with Gasteiger partial charge >= 0.3 is 0 Å². The Morgan fingerprint density at radius 1 is 1.33 bits per heavy atom. The number of ether oxygens (including phenoxy) is 1. The highest BCUT2D eigenvalue weighted by Crippen LogP contribution is 2.28. The minimum atomic E-state index is -3.46. The first-order valence-corrected chi connectivity index (χ1v) is 8.63. The lowest BCUT2D eigenvalue weighted by Gasteiger charge is -2.32. The Hall–Kier alpha value is -1.11. The first-order chi connectivity index (χ1) is 9.86. The van der Waals surface area contributed by atoms with Gasteiger partial charge in [0, 0.05) is 13.1 Å². The largest absolute Gasteiger partial charge is 0.496 e. The van der Waals surface area contributed by atoms with Gasteiger partial charge in [0.15, 0.2) is 0 Å². The molecule has 1 unspecified atom stereocenters. The molecule has 0 saturated carbocycles. The normalized spacial score (nSPS) is 19.4. The Labute approximate surface area is 126 Å². The molecule has 21 heavy (non-hydrogen) atoms. The van der Waals surface area contributed by atoms with E-state index in [0.717, 1.165) is 5.56 Å². The van der Waals surface area contributed by atoms with Crippen LogP contribution in [-0.4, -0.2) is 44.1 Å². The molecule has 1 atom stereocenters. The van der Waals surface area contributed by atoms with Crippen LogP contribution in [0.4, 0.5) is 0 Å². The molecular weight excluding hydrogens is 290 g/mol. The van der Waals surface area contributed by atoms with E-state index in [4.69, 9.17) is 4.74 Å². The maximum Gasteiger partial charge on any atom is 0.243 e. The highest BCUT2D eigenvalue weighted by molar-refractivity contribution is 7.89. The van der Waals surface area contributed by atoms with Gasteiger partial charge in [0.2, 0.25) is 10.0 Å². The molecule has 0 aliphatic carbocycles. The summed E-state index contributed by atoms with van der Waals surface area (Å²) in [7, 11) is -1.90. The van der Waals surface area contributed by atoms with Crippen LogP contribution in [0.1, 0.15) is 25.3 Å². The molecule has 118 valence electrons. The third-order valence-corrected chi connectivity index (χ3v) is 6.08. The molecule has 0 spiro atoms. The second kappa shape index (κ2) is 6.34. The van der Waals surface area contributed by atoms with Crippen molar-refractivity contribution in [1.82, 2.24) is 4.31 Å². The number of aliphatic hydroxyl groups is 1. The summed E-state index contributed by atoms with van der Waals surface area (Å²) in [6, 6.07) is 4.92. The molecule has 6 heteroatoms. The van der Waals surface area contributed by atoms with Crippen LogP contribution < -0.4 is 4.74 Å². The smallest absolute Gasteiger partial charge is 0.243 e. The summed E-state index contributed by atoms with van der Waals surface area (Å²) in [5, 5.41) is 9.60. The van der Waals surface area contributed by atoms with Gasteiger partial charge in [0.25, 0.3) is 0 Å². The van der Waals surface area contributed by atoms with Gasteiger partial charge in [-0.25, -0.2) is 8.42 Å². The Balaban J connectivity index is 2.17. The highest BCUT2D eigenvalue weighted by Gasteiger charge is 2.31. The minimum Gasteiger partial charge on any atom is -0.496 e. The van der Waals surface area contributed by atoms with Gasteiger partial charge in [0.05, 0.1) is 18.1 Å². The molecular formula is C15H23NO4S. The van der Waals surface area contributed by atoms with Crippen LogP contribution in [0.5, 0.6) is 5.75 Å². The molecule has 1 aliphatic rings. The van der Waals surface area contributed by atoms with Crippen molar-refractivity contribution in [3.63, 3.8) is 0 Å². The van der Waals surface area contributed by atoms with E-state index in [0.29, 0.717) is 36.6 Å². The predicted molar refractivity (Wildman–Crippen MR) is 80.9 cm³/mol. The molecule has 0 aromatic heterocycles. The van der Waals surface area contributed by atoms with E-state index in [9.17, 15) is 13.5 Å². The van der Waals surface area contributed by atoms with Gasteiger partial charge in [-0.15, -0.1) is 0 Å². The lowest BCUT2D eigenvalue weighted by atomic mass is 9.93. The Morgan fingerprint density at radius 3 is 2.43 bits per heavy atom. The second-order valence-corrected chi connectivity index (χ2v) is 7.55. The van der Waals surface area contributed by atoms with Gasteiger partial charge in [-0.05, 0) is 56.4 Å². The fraction of sp³-hybridized carbons (Fsp3) is 0.600. The summed E-state index contributed by atoms with van der Waals surface area (Å²) in [6.07, 6.45) is 1.02. The molecule has 1 aromatic rings. The summed E-state index contributed by atoms with van der Waals surface area (Å²) in [4.78, 5) is 0.302. The van der Waals surface area contributed by atoms with Gasteiger partial charge in [-0.3, -0.25) is 0 Å². The standard InChI is InChI=1S/C15H23NO4S/c1-11-10-14(4-5-15(11)20-3)21(18,19)16-8-6-13(7-9-16)12(2)17/h4-5,10,12-13,17H,6-9H2,1-3H3. The lowest BCUT2D eigenvalue weighted by Crippen LogP contribution is -2.40.